The Balaban J connectivity index is 1.17. The third-order valence-electron chi connectivity index (χ3n) is 8.48. The maximum absolute atomic E-state index is 5.06. The van der Waals surface area contributed by atoms with Crippen LogP contribution in [0.1, 0.15) is 79.8 Å². The highest BCUT2D eigenvalue weighted by Crippen LogP contribution is 2.55. The molecule has 3 fully saturated rings. The summed E-state index contributed by atoms with van der Waals surface area (Å²) in [6.45, 7) is 2.10. The second kappa shape index (κ2) is 6.41. The van der Waals surface area contributed by atoms with Crippen LogP contribution in [0.3, 0.4) is 0 Å². The van der Waals surface area contributed by atoms with Crippen LogP contribution in [-0.4, -0.2) is 25.4 Å². The van der Waals surface area contributed by atoms with Crippen molar-refractivity contribution in [1.29, 1.82) is 0 Å². The summed E-state index contributed by atoms with van der Waals surface area (Å²) in [6.07, 6.45) is 19.5. The van der Waals surface area contributed by atoms with Crippen LogP contribution in [0.2, 0.25) is 0 Å². The second-order valence-electron chi connectivity index (χ2n) is 10.4. The molecule has 3 heterocycles. The van der Waals surface area contributed by atoms with Crippen molar-refractivity contribution in [3.63, 3.8) is 0 Å². The molecule has 0 radical (unpaired) electrons. The Kier molecular flexibility index (Phi) is 3.71. The average molecular weight is 412 g/mol. The molecule has 158 valence electrons. The third-order valence-corrected chi connectivity index (χ3v) is 8.48. The molecule has 5 nitrogen and oxygen atoms in total. The molecule has 0 saturated heterocycles. The predicted molar refractivity (Wildman–Crippen MR) is 122 cm³/mol. The molecule has 1 unspecified atom stereocenters. The molecule has 0 aromatic carbocycles. The van der Waals surface area contributed by atoms with Crippen molar-refractivity contribution < 1.29 is 0 Å². The molecule has 0 amide bonds. The molecule has 3 saturated carbocycles. The van der Waals surface area contributed by atoms with Gasteiger partial charge in [0.2, 0.25) is 5.95 Å². The lowest BCUT2D eigenvalue weighted by Gasteiger charge is -2.47. The van der Waals surface area contributed by atoms with E-state index in [-0.39, 0.29) is 0 Å². The Morgan fingerprint density at radius 1 is 1.06 bits per heavy atom. The molecule has 31 heavy (non-hydrogen) atoms. The molecule has 3 aromatic heterocycles. The number of aromatic nitrogens is 4. The number of pyridine rings is 1. The zero-order chi connectivity index (χ0) is 20.6. The van der Waals surface area contributed by atoms with Crippen LogP contribution in [-0.2, 0) is 0 Å². The maximum atomic E-state index is 5.06. The van der Waals surface area contributed by atoms with Crippen molar-refractivity contribution in [1.82, 2.24) is 19.4 Å². The van der Waals surface area contributed by atoms with Gasteiger partial charge in [0.05, 0.1) is 5.69 Å². The molecular formula is C26H29N5. The number of anilines is 1. The van der Waals surface area contributed by atoms with Crippen molar-refractivity contribution in [2.45, 2.75) is 70.3 Å². The minimum absolute atomic E-state index is 0.532. The fraction of sp³-hybridized carbons (Fsp3) is 0.500. The number of fused-ring (bicyclic) bond motifs is 4. The number of imidazole rings is 1. The van der Waals surface area contributed by atoms with Gasteiger partial charge in [0.1, 0.15) is 5.65 Å². The lowest BCUT2D eigenvalue weighted by molar-refractivity contribution is 0.0729. The van der Waals surface area contributed by atoms with Gasteiger partial charge < -0.3 is 9.72 Å². The summed E-state index contributed by atoms with van der Waals surface area (Å²) in [5.74, 6) is 2.03. The Hall–Kier alpha value is -2.69. The third kappa shape index (κ3) is 2.85. The fourth-order valence-corrected chi connectivity index (χ4v) is 6.22. The van der Waals surface area contributed by atoms with Crippen LogP contribution in [0.5, 0.6) is 0 Å². The van der Waals surface area contributed by atoms with Crippen LogP contribution in [0.4, 0.5) is 5.95 Å². The summed E-state index contributed by atoms with van der Waals surface area (Å²) in [5, 5.41) is 3.68. The summed E-state index contributed by atoms with van der Waals surface area (Å²) in [4.78, 5) is 14.3. The SMILES string of the molecule is Cc1cnc2ccc(C3=C[C@H]4CC4c4nc(NC5CCC6(CCC6)CC5)ncc43)cn12. The highest BCUT2D eigenvalue weighted by molar-refractivity contribution is 5.83. The Morgan fingerprint density at radius 3 is 2.74 bits per heavy atom. The van der Waals surface area contributed by atoms with Crippen LogP contribution in [0, 0.1) is 18.3 Å². The van der Waals surface area contributed by atoms with Gasteiger partial charge in [-0.15, -0.1) is 0 Å². The van der Waals surface area contributed by atoms with Crippen LogP contribution in [0.25, 0.3) is 11.2 Å². The minimum atomic E-state index is 0.532. The smallest absolute Gasteiger partial charge is 0.223 e. The van der Waals surface area contributed by atoms with E-state index in [1.54, 1.807) is 0 Å². The van der Waals surface area contributed by atoms with Gasteiger partial charge >= 0.3 is 0 Å². The molecule has 3 aromatic rings. The van der Waals surface area contributed by atoms with Gasteiger partial charge in [0.25, 0.3) is 0 Å². The molecule has 0 aliphatic heterocycles. The lowest BCUT2D eigenvalue weighted by atomic mass is 9.60. The highest BCUT2D eigenvalue weighted by Gasteiger charge is 2.44. The number of allylic oxidation sites excluding steroid dienone is 1. The number of hydrogen-bond acceptors (Lipinski definition) is 4. The first-order valence-electron chi connectivity index (χ1n) is 12.0. The lowest BCUT2D eigenvalue weighted by Crippen LogP contribution is -2.38. The monoisotopic (exact) mass is 411 g/mol. The first-order valence-corrected chi connectivity index (χ1v) is 12.0. The highest BCUT2D eigenvalue weighted by atomic mass is 15.1. The molecule has 1 N–H and O–H groups in total. The first-order chi connectivity index (χ1) is 15.2. The minimum Gasteiger partial charge on any atom is -0.351 e. The van der Waals surface area contributed by atoms with Gasteiger partial charge in [-0.1, -0.05) is 12.5 Å². The zero-order valence-corrected chi connectivity index (χ0v) is 18.1. The molecule has 0 bridgehead atoms. The van der Waals surface area contributed by atoms with E-state index in [0.29, 0.717) is 23.3 Å². The van der Waals surface area contributed by atoms with Gasteiger partial charge in [-0.05, 0) is 86.5 Å². The quantitative estimate of drug-likeness (QED) is 0.618. The van der Waals surface area contributed by atoms with Gasteiger partial charge in [0, 0.05) is 41.8 Å². The standard InChI is InChI=1S/C26H29N5/c1-16-13-27-23-4-3-17(15-31(16)23)20-11-18-12-21(18)24-22(20)14-28-25(30-24)29-19-5-9-26(10-6-19)7-2-8-26/h3-4,11,13-15,18-19,21H,2,5-10,12H2,1H3,(H,28,29,30)/t18-,21?/m0/s1. The van der Waals surface area contributed by atoms with E-state index in [0.717, 1.165) is 17.3 Å². The van der Waals surface area contributed by atoms with E-state index in [9.17, 15) is 0 Å². The van der Waals surface area contributed by atoms with Crippen molar-refractivity contribution >= 4 is 17.2 Å². The molecule has 2 atom stereocenters. The van der Waals surface area contributed by atoms with Crippen molar-refractivity contribution in [3.8, 4) is 0 Å². The maximum Gasteiger partial charge on any atom is 0.223 e. The molecule has 5 heteroatoms. The summed E-state index contributed by atoms with van der Waals surface area (Å²) in [6, 6.07) is 4.82. The Bertz CT molecular complexity index is 1210. The van der Waals surface area contributed by atoms with E-state index in [2.05, 4.69) is 52.2 Å². The van der Waals surface area contributed by atoms with Crippen LogP contribution < -0.4 is 5.32 Å². The Morgan fingerprint density at radius 2 is 1.94 bits per heavy atom. The van der Waals surface area contributed by atoms with Gasteiger partial charge in [0.15, 0.2) is 0 Å². The molecule has 7 rings (SSSR count). The number of aryl methyl sites for hydroxylation is 1. The number of nitrogens with zero attached hydrogens (tertiary/aromatic N) is 4. The van der Waals surface area contributed by atoms with E-state index in [4.69, 9.17) is 9.97 Å². The van der Waals surface area contributed by atoms with Gasteiger partial charge in [-0.25, -0.2) is 15.0 Å². The van der Waals surface area contributed by atoms with Crippen molar-refractivity contribution in [2.24, 2.45) is 11.3 Å². The number of hydrogen-bond donors (Lipinski definition) is 1. The summed E-state index contributed by atoms with van der Waals surface area (Å²) < 4.78 is 2.17. The van der Waals surface area contributed by atoms with E-state index >= 15 is 0 Å². The van der Waals surface area contributed by atoms with Crippen LogP contribution in [0.15, 0.2) is 36.8 Å². The van der Waals surface area contributed by atoms with E-state index in [1.165, 1.54) is 73.8 Å². The summed E-state index contributed by atoms with van der Waals surface area (Å²) in [7, 11) is 0. The van der Waals surface area contributed by atoms with E-state index < -0.39 is 0 Å². The summed E-state index contributed by atoms with van der Waals surface area (Å²) >= 11 is 0. The zero-order valence-electron chi connectivity index (χ0n) is 18.1. The Labute approximate surface area is 183 Å². The second-order valence-corrected chi connectivity index (χ2v) is 10.4. The first kappa shape index (κ1) is 17.9. The average Bonchev–Trinajstić information content (AvgIpc) is 3.48. The summed E-state index contributed by atoms with van der Waals surface area (Å²) in [5.41, 5.74) is 7.80. The van der Waals surface area contributed by atoms with Gasteiger partial charge in [-0.2, -0.15) is 0 Å². The normalized spacial score (nSPS) is 26.2. The molecule has 4 aliphatic rings. The predicted octanol–water partition coefficient (Wildman–Crippen LogP) is 5.51. The fourth-order valence-electron chi connectivity index (χ4n) is 6.22. The topological polar surface area (TPSA) is 55.1 Å². The van der Waals surface area contributed by atoms with Gasteiger partial charge in [-0.3, -0.25) is 0 Å². The van der Waals surface area contributed by atoms with Crippen molar-refractivity contribution in [3.05, 3.63) is 59.3 Å². The van der Waals surface area contributed by atoms with Crippen molar-refractivity contribution in [2.75, 3.05) is 5.32 Å². The number of nitrogens with one attached hydrogen (secondary N) is 1. The molecular weight excluding hydrogens is 382 g/mol. The van der Waals surface area contributed by atoms with E-state index in [1.807, 2.05) is 6.20 Å². The molecule has 1 spiro atoms. The number of rotatable bonds is 3. The largest absolute Gasteiger partial charge is 0.351 e. The van der Waals surface area contributed by atoms with Crippen LogP contribution >= 0.6 is 0 Å². The molecule has 4 aliphatic carbocycles.